The third-order valence-electron chi connectivity index (χ3n) is 4.25. The number of anilines is 1. The first-order chi connectivity index (χ1) is 12.2. The molecule has 0 aliphatic heterocycles. The van der Waals surface area contributed by atoms with E-state index in [0.717, 1.165) is 39.7 Å². The Morgan fingerprint density at radius 1 is 0.840 bits per heavy atom. The van der Waals surface area contributed by atoms with Crippen LogP contribution in [0.25, 0.3) is 22.1 Å². The van der Waals surface area contributed by atoms with Gasteiger partial charge in [0, 0.05) is 11.3 Å². The van der Waals surface area contributed by atoms with Crippen LogP contribution < -0.4 is 5.32 Å². The molecular formula is C21H17N3O. The number of aryl methyl sites for hydroxylation is 1. The molecule has 4 nitrogen and oxygen atoms in total. The lowest BCUT2D eigenvalue weighted by Gasteiger charge is -2.10. The quantitative estimate of drug-likeness (QED) is 0.560. The van der Waals surface area contributed by atoms with E-state index < -0.39 is 0 Å². The molecule has 1 amide bonds. The Kier molecular flexibility index (Phi) is 3.86. The van der Waals surface area contributed by atoms with Crippen molar-refractivity contribution in [2.45, 2.75) is 13.3 Å². The van der Waals surface area contributed by atoms with E-state index in [1.165, 1.54) is 0 Å². The van der Waals surface area contributed by atoms with Crippen molar-refractivity contribution < 1.29 is 4.79 Å². The van der Waals surface area contributed by atoms with Gasteiger partial charge in [-0.05, 0) is 48.4 Å². The number of hydrogen-bond acceptors (Lipinski definition) is 3. The number of hydrogen-bond donors (Lipinski definition) is 1. The van der Waals surface area contributed by atoms with Crippen molar-refractivity contribution in [3.05, 3.63) is 77.9 Å². The molecule has 0 spiro atoms. The summed E-state index contributed by atoms with van der Waals surface area (Å²) in [7, 11) is 0. The molecule has 0 unspecified atom stereocenters. The standard InChI is InChI=1S/C21H17N3O/c1-2-14-7-3-4-8-16(14)24-21(25)15-11-12-19-20(13-15)23-18-10-6-5-9-17(18)22-19/h3-13H,2H2,1H3,(H,24,25). The van der Waals surface area contributed by atoms with Crippen molar-refractivity contribution in [3.8, 4) is 0 Å². The normalized spacial score (nSPS) is 10.9. The highest BCUT2D eigenvalue weighted by Gasteiger charge is 2.10. The Balaban J connectivity index is 1.71. The van der Waals surface area contributed by atoms with E-state index in [2.05, 4.69) is 22.2 Å². The van der Waals surface area contributed by atoms with E-state index in [-0.39, 0.29) is 5.91 Å². The fraction of sp³-hybridized carbons (Fsp3) is 0.0952. The van der Waals surface area contributed by atoms with Gasteiger partial charge in [0.05, 0.1) is 22.1 Å². The first kappa shape index (κ1) is 15.3. The van der Waals surface area contributed by atoms with Crippen LogP contribution in [-0.4, -0.2) is 15.9 Å². The highest BCUT2D eigenvalue weighted by Crippen LogP contribution is 2.20. The molecule has 4 rings (SSSR count). The van der Waals surface area contributed by atoms with Crippen LogP contribution in [0.15, 0.2) is 66.7 Å². The van der Waals surface area contributed by atoms with Crippen LogP contribution in [0.1, 0.15) is 22.8 Å². The van der Waals surface area contributed by atoms with Gasteiger partial charge in [-0.1, -0.05) is 37.3 Å². The second kappa shape index (κ2) is 6.32. The Morgan fingerprint density at radius 3 is 2.24 bits per heavy atom. The lowest BCUT2D eigenvalue weighted by atomic mass is 10.1. The van der Waals surface area contributed by atoms with Gasteiger partial charge in [-0.2, -0.15) is 0 Å². The van der Waals surface area contributed by atoms with Gasteiger partial charge in [-0.15, -0.1) is 0 Å². The summed E-state index contributed by atoms with van der Waals surface area (Å²) in [6.07, 6.45) is 0.867. The second-order valence-electron chi connectivity index (χ2n) is 5.88. The number of amides is 1. The average molecular weight is 327 g/mol. The molecule has 1 aromatic heterocycles. The Morgan fingerprint density at radius 2 is 1.48 bits per heavy atom. The second-order valence-corrected chi connectivity index (χ2v) is 5.88. The van der Waals surface area contributed by atoms with Gasteiger partial charge in [-0.3, -0.25) is 4.79 Å². The third-order valence-corrected chi connectivity index (χ3v) is 4.25. The Labute approximate surface area is 145 Å². The van der Waals surface area contributed by atoms with E-state index in [1.54, 1.807) is 12.1 Å². The van der Waals surface area contributed by atoms with Crippen molar-refractivity contribution >= 4 is 33.7 Å². The summed E-state index contributed by atoms with van der Waals surface area (Å²) in [5, 5.41) is 2.99. The number of carbonyl (C=O) groups is 1. The average Bonchev–Trinajstić information content (AvgIpc) is 2.66. The molecule has 4 heteroatoms. The summed E-state index contributed by atoms with van der Waals surface area (Å²) < 4.78 is 0. The lowest BCUT2D eigenvalue weighted by molar-refractivity contribution is 0.102. The summed E-state index contributed by atoms with van der Waals surface area (Å²) in [6, 6.07) is 21.0. The maximum absolute atomic E-state index is 12.6. The van der Waals surface area contributed by atoms with Crippen molar-refractivity contribution in [2.24, 2.45) is 0 Å². The molecule has 0 saturated heterocycles. The fourth-order valence-corrected chi connectivity index (χ4v) is 2.91. The van der Waals surface area contributed by atoms with Crippen molar-refractivity contribution in [3.63, 3.8) is 0 Å². The van der Waals surface area contributed by atoms with Crippen LogP contribution >= 0.6 is 0 Å². The minimum atomic E-state index is -0.141. The van der Waals surface area contributed by atoms with Crippen molar-refractivity contribution in [2.75, 3.05) is 5.32 Å². The topological polar surface area (TPSA) is 54.9 Å². The van der Waals surface area contributed by atoms with E-state index in [4.69, 9.17) is 0 Å². The fourth-order valence-electron chi connectivity index (χ4n) is 2.91. The van der Waals surface area contributed by atoms with Crippen LogP contribution in [0, 0.1) is 0 Å². The highest BCUT2D eigenvalue weighted by atomic mass is 16.1. The van der Waals surface area contributed by atoms with Crippen LogP contribution in [0.3, 0.4) is 0 Å². The Bertz CT molecular complexity index is 1090. The summed E-state index contributed by atoms with van der Waals surface area (Å²) in [5.41, 5.74) is 5.71. The van der Waals surface area contributed by atoms with Gasteiger partial charge in [0.1, 0.15) is 0 Å². The predicted octanol–water partition coefficient (Wildman–Crippen LogP) is 4.60. The van der Waals surface area contributed by atoms with Gasteiger partial charge in [0.15, 0.2) is 0 Å². The maximum atomic E-state index is 12.6. The van der Waals surface area contributed by atoms with Gasteiger partial charge < -0.3 is 5.32 Å². The molecule has 0 bridgehead atoms. The third kappa shape index (κ3) is 2.94. The van der Waals surface area contributed by atoms with E-state index >= 15 is 0 Å². The van der Waals surface area contributed by atoms with E-state index in [9.17, 15) is 4.79 Å². The lowest BCUT2D eigenvalue weighted by Crippen LogP contribution is -2.13. The molecule has 25 heavy (non-hydrogen) atoms. The number of nitrogens with one attached hydrogen (secondary N) is 1. The number of rotatable bonds is 3. The zero-order valence-electron chi connectivity index (χ0n) is 13.9. The number of nitrogens with zero attached hydrogens (tertiary/aromatic N) is 2. The van der Waals surface area contributed by atoms with Gasteiger partial charge in [-0.25, -0.2) is 9.97 Å². The number of aromatic nitrogens is 2. The highest BCUT2D eigenvalue weighted by molar-refractivity contribution is 6.06. The van der Waals surface area contributed by atoms with Gasteiger partial charge in [0.25, 0.3) is 5.91 Å². The molecule has 0 fully saturated rings. The molecule has 1 heterocycles. The Hall–Kier alpha value is -3.27. The van der Waals surface area contributed by atoms with Crippen molar-refractivity contribution in [1.82, 2.24) is 9.97 Å². The summed E-state index contributed by atoms with van der Waals surface area (Å²) >= 11 is 0. The van der Waals surface area contributed by atoms with E-state index in [1.807, 2.05) is 54.6 Å². The van der Waals surface area contributed by atoms with E-state index in [0.29, 0.717) is 5.56 Å². The predicted molar refractivity (Wildman–Crippen MR) is 101 cm³/mol. The zero-order chi connectivity index (χ0) is 17.2. The molecule has 0 radical (unpaired) electrons. The number of carbonyl (C=O) groups excluding carboxylic acids is 1. The minimum absolute atomic E-state index is 0.141. The summed E-state index contributed by atoms with van der Waals surface area (Å²) in [4.78, 5) is 21.8. The molecule has 0 saturated carbocycles. The van der Waals surface area contributed by atoms with Crippen LogP contribution in [-0.2, 0) is 6.42 Å². The molecule has 0 aliphatic rings. The zero-order valence-corrected chi connectivity index (χ0v) is 13.9. The minimum Gasteiger partial charge on any atom is -0.322 e. The van der Waals surface area contributed by atoms with Crippen LogP contribution in [0.5, 0.6) is 0 Å². The first-order valence-electron chi connectivity index (χ1n) is 8.30. The number of fused-ring (bicyclic) bond motifs is 2. The number of para-hydroxylation sites is 3. The van der Waals surface area contributed by atoms with Gasteiger partial charge in [0.2, 0.25) is 0 Å². The summed E-state index contributed by atoms with van der Waals surface area (Å²) in [6.45, 7) is 2.07. The SMILES string of the molecule is CCc1ccccc1NC(=O)c1ccc2nc3ccccc3nc2c1. The number of benzene rings is 3. The van der Waals surface area contributed by atoms with Crippen LogP contribution in [0.2, 0.25) is 0 Å². The maximum Gasteiger partial charge on any atom is 0.255 e. The molecule has 1 N–H and O–H groups in total. The smallest absolute Gasteiger partial charge is 0.255 e. The molecule has 0 atom stereocenters. The molecule has 0 aliphatic carbocycles. The largest absolute Gasteiger partial charge is 0.322 e. The molecule has 4 aromatic rings. The molecular weight excluding hydrogens is 310 g/mol. The van der Waals surface area contributed by atoms with Crippen LogP contribution in [0.4, 0.5) is 5.69 Å². The molecule has 122 valence electrons. The first-order valence-corrected chi connectivity index (χ1v) is 8.30. The summed E-state index contributed by atoms with van der Waals surface area (Å²) in [5.74, 6) is -0.141. The monoisotopic (exact) mass is 327 g/mol. The van der Waals surface area contributed by atoms with Gasteiger partial charge >= 0.3 is 0 Å². The van der Waals surface area contributed by atoms with Crippen molar-refractivity contribution in [1.29, 1.82) is 0 Å². The molecule has 3 aromatic carbocycles.